The summed E-state index contributed by atoms with van der Waals surface area (Å²) in [5.74, 6) is 0.851. The Kier molecular flexibility index (Phi) is 3.58. The van der Waals surface area contributed by atoms with E-state index in [2.05, 4.69) is 57.3 Å². The molecular formula is C16H25N. The van der Waals surface area contributed by atoms with Gasteiger partial charge in [-0.1, -0.05) is 52.0 Å². The van der Waals surface area contributed by atoms with Gasteiger partial charge in [-0.05, 0) is 41.8 Å². The van der Waals surface area contributed by atoms with Crippen LogP contribution in [-0.4, -0.2) is 6.54 Å². The zero-order chi connectivity index (χ0) is 12.5. The Morgan fingerprint density at radius 2 is 1.76 bits per heavy atom. The van der Waals surface area contributed by atoms with Crippen LogP contribution in [0.3, 0.4) is 0 Å². The fourth-order valence-corrected chi connectivity index (χ4v) is 2.58. The highest BCUT2D eigenvalue weighted by molar-refractivity contribution is 5.29. The summed E-state index contributed by atoms with van der Waals surface area (Å²) in [6.45, 7) is 10.3. The zero-order valence-electron chi connectivity index (χ0n) is 11.6. The minimum absolute atomic E-state index is 0.256. The molecule has 0 radical (unpaired) electrons. The lowest BCUT2D eigenvalue weighted by Crippen LogP contribution is -2.30. The van der Waals surface area contributed by atoms with E-state index in [-0.39, 0.29) is 5.41 Å². The molecule has 1 aromatic carbocycles. The third-order valence-corrected chi connectivity index (χ3v) is 3.85. The number of rotatable bonds is 1. The molecule has 17 heavy (non-hydrogen) atoms. The Bertz CT molecular complexity index is 358. The van der Waals surface area contributed by atoms with Crippen molar-refractivity contribution in [2.75, 3.05) is 6.54 Å². The third kappa shape index (κ3) is 3.10. The molecule has 94 valence electrons. The van der Waals surface area contributed by atoms with Gasteiger partial charge in [0.25, 0.3) is 0 Å². The number of piperidine rings is 1. The summed E-state index contributed by atoms with van der Waals surface area (Å²) < 4.78 is 0. The van der Waals surface area contributed by atoms with Gasteiger partial charge in [0.2, 0.25) is 0 Å². The Morgan fingerprint density at radius 3 is 2.29 bits per heavy atom. The van der Waals surface area contributed by atoms with Crippen LogP contribution < -0.4 is 5.32 Å². The van der Waals surface area contributed by atoms with Crippen molar-refractivity contribution in [1.29, 1.82) is 0 Å². The molecule has 1 heterocycles. The van der Waals surface area contributed by atoms with Crippen molar-refractivity contribution >= 4 is 0 Å². The van der Waals surface area contributed by atoms with Crippen LogP contribution in [0.4, 0.5) is 0 Å². The minimum Gasteiger partial charge on any atom is -0.310 e. The molecule has 2 atom stereocenters. The van der Waals surface area contributed by atoms with Gasteiger partial charge in [-0.15, -0.1) is 0 Å². The van der Waals surface area contributed by atoms with Crippen LogP contribution in [0.25, 0.3) is 0 Å². The predicted molar refractivity (Wildman–Crippen MR) is 74.3 cm³/mol. The second-order valence-corrected chi connectivity index (χ2v) is 6.51. The van der Waals surface area contributed by atoms with E-state index in [1.165, 1.54) is 24.0 Å². The maximum absolute atomic E-state index is 3.62. The molecule has 0 aliphatic carbocycles. The molecule has 1 saturated heterocycles. The minimum atomic E-state index is 0.256. The molecule has 0 bridgehead atoms. The average Bonchev–Trinajstić information content (AvgIpc) is 2.28. The van der Waals surface area contributed by atoms with Gasteiger partial charge in [0.1, 0.15) is 0 Å². The van der Waals surface area contributed by atoms with Crippen LogP contribution in [0.15, 0.2) is 24.3 Å². The normalized spacial score (nSPS) is 25.9. The summed E-state index contributed by atoms with van der Waals surface area (Å²) in [7, 11) is 0. The van der Waals surface area contributed by atoms with Crippen molar-refractivity contribution in [3.05, 3.63) is 35.4 Å². The summed E-state index contributed by atoms with van der Waals surface area (Å²) in [4.78, 5) is 0. The highest BCUT2D eigenvalue weighted by Gasteiger charge is 2.20. The largest absolute Gasteiger partial charge is 0.310 e. The van der Waals surface area contributed by atoms with Gasteiger partial charge in [0.05, 0.1) is 0 Å². The highest BCUT2D eigenvalue weighted by Crippen LogP contribution is 2.29. The second kappa shape index (κ2) is 4.81. The maximum atomic E-state index is 3.62. The first kappa shape index (κ1) is 12.6. The molecule has 0 spiro atoms. The van der Waals surface area contributed by atoms with Crippen molar-refractivity contribution in [2.45, 2.75) is 52.0 Å². The number of nitrogens with one attached hydrogen (secondary N) is 1. The Morgan fingerprint density at radius 1 is 1.12 bits per heavy atom. The molecular weight excluding hydrogens is 206 g/mol. The van der Waals surface area contributed by atoms with Gasteiger partial charge in [0.15, 0.2) is 0 Å². The quantitative estimate of drug-likeness (QED) is 0.769. The maximum Gasteiger partial charge on any atom is 0.0322 e. The van der Waals surface area contributed by atoms with Gasteiger partial charge in [-0.2, -0.15) is 0 Å². The molecule has 1 fully saturated rings. The van der Waals surface area contributed by atoms with Crippen LogP contribution in [0.2, 0.25) is 0 Å². The molecule has 0 aromatic heterocycles. The van der Waals surface area contributed by atoms with Crippen molar-refractivity contribution < 1.29 is 0 Å². The Balaban J connectivity index is 2.12. The van der Waals surface area contributed by atoms with Crippen molar-refractivity contribution in [1.82, 2.24) is 5.32 Å². The third-order valence-electron chi connectivity index (χ3n) is 3.85. The van der Waals surface area contributed by atoms with E-state index < -0.39 is 0 Å². The summed E-state index contributed by atoms with van der Waals surface area (Å²) in [5, 5.41) is 3.62. The van der Waals surface area contributed by atoms with Gasteiger partial charge >= 0.3 is 0 Å². The monoisotopic (exact) mass is 231 g/mol. The molecule has 1 heteroatoms. The summed E-state index contributed by atoms with van der Waals surface area (Å²) in [6.07, 6.45) is 2.59. The first-order valence-electron chi connectivity index (χ1n) is 6.80. The lowest BCUT2D eigenvalue weighted by atomic mass is 9.85. The predicted octanol–water partition coefficient (Wildman–Crippen LogP) is 4.04. The SMILES string of the molecule is CC1CCNC(c2ccc(C(C)(C)C)cc2)C1. The average molecular weight is 231 g/mol. The van der Waals surface area contributed by atoms with Gasteiger partial charge < -0.3 is 5.32 Å². The first-order chi connectivity index (χ1) is 7.97. The summed E-state index contributed by atoms with van der Waals surface area (Å²) in [5.41, 5.74) is 3.13. The lowest BCUT2D eigenvalue weighted by Gasteiger charge is -2.29. The molecule has 1 aliphatic heterocycles. The fraction of sp³-hybridized carbons (Fsp3) is 0.625. The van der Waals surface area contributed by atoms with Crippen LogP contribution in [0.1, 0.15) is 57.7 Å². The molecule has 1 aromatic rings. The van der Waals surface area contributed by atoms with E-state index in [0.29, 0.717) is 6.04 Å². The standard InChI is InChI=1S/C16H25N/c1-12-9-10-17-15(11-12)13-5-7-14(8-6-13)16(2,3)4/h5-8,12,15,17H,9-11H2,1-4H3. The van der Waals surface area contributed by atoms with E-state index in [0.717, 1.165) is 12.5 Å². The van der Waals surface area contributed by atoms with Crippen molar-refractivity contribution in [3.8, 4) is 0 Å². The topological polar surface area (TPSA) is 12.0 Å². The number of benzene rings is 1. The smallest absolute Gasteiger partial charge is 0.0322 e. The second-order valence-electron chi connectivity index (χ2n) is 6.51. The van der Waals surface area contributed by atoms with Crippen LogP contribution >= 0.6 is 0 Å². The van der Waals surface area contributed by atoms with Crippen molar-refractivity contribution in [2.24, 2.45) is 5.92 Å². The molecule has 2 rings (SSSR count). The van der Waals surface area contributed by atoms with Gasteiger partial charge in [0, 0.05) is 6.04 Å². The Hall–Kier alpha value is -0.820. The van der Waals surface area contributed by atoms with Gasteiger partial charge in [-0.25, -0.2) is 0 Å². The summed E-state index contributed by atoms with van der Waals surface area (Å²) >= 11 is 0. The zero-order valence-corrected chi connectivity index (χ0v) is 11.6. The lowest BCUT2D eigenvalue weighted by molar-refractivity contribution is 0.325. The molecule has 0 amide bonds. The molecule has 0 saturated carbocycles. The summed E-state index contributed by atoms with van der Waals surface area (Å²) in [6, 6.07) is 9.74. The fourth-order valence-electron chi connectivity index (χ4n) is 2.58. The highest BCUT2D eigenvalue weighted by atomic mass is 14.9. The molecule has 1 N–H and O–H groups in total. The van der Waals surface area contributed by atoms with E-state index >= 15 is 0 Å². The molecule has 1 aliphatic rings. The van der Waals surface area contributed by atoms with Gasteiger partial charge in [-0.3, -0.25) is 0 Å². The van der Waals surface area contributed by atoms with E-state index in [1.54, 1.807) is 0 Å². The van der Waals surface area contributed by atoms with Crippen molar-refractivity contribution in [3.63, 3.8) is 0 Å². The van der Waals surface area contributed by atoms with Crippen LogP contribution in [-0.2, 0) is 5.41 Å². The molecule has 1 nitrogen and oxygen atoms in total. The Labute approximate surface area is 106 Å². The number of hydrogen-bond donors (Lipinski definition) is 1. The molecule has 2 unspecified atom stereocenters. The van der Waals surface area contributed by atoms with E-state index in [9.17, 15) is 0 Å². The number of hydrogen-bond acceptors (Lipinski definition) is 1. The van der Waals surface area contributed by atoms with Crippen LogP contribution in [0.5, 0.6) is 0 Å². The first-order valence-corrected chi connectivity index (χ1v) is 6.80. The van der Waals surface area contributed by atoms with E-state index in [1.807, 2.05) is 0 Å². The van der Waals surface area contributed by atoms with E-state index in [4.69, 9.17) is 0 Å². The van der Waals surface area contributed by atoms with Crippen LogP contribution in [0, 0.1) is 5.92 Å².